The second-order valence-corrected chi connectivity index (χ2v) is 7.35. The van der Waals surface area contributed by atoms with Crippen molar-refractivity contribution < 1.29 is 19.4 Å². The van der Waals surface area contributed by atoms with Crippen LogP contribution >= 0.6 is 0 Å². The van der Waals surface area contributed by atoms with Crippen LogP contribution in [-0.2, 0) is 20.9 Å². The van der Waals surface area contributed by atoms with Gasteiger partial charge in [-0.05, 0) is 30.7 Å². The Balaban J connectivity index is 1.47. The van der Waals surface area contributed by atoms with E-state index in [1.807, 2.05) is 35.2 Å². The van der Waals surface area contributed by atoms with Gasteiger partial charge in [0.25, 0.3) is 0 Å². The average Bonchev–Trinajstić information content (AvgIpc) is 2.65. The number of piperidine rings is 1. The quantitative estimate of drug-likeness (QED) is 0.887. The molecule has 1 N–H and O–H groups in total. The Labute approximate surface area is 149 Å². The normalized spacial score (nSPS) is 28.1. The van der Waals surface area contributed by atoms with E-state index in [4.69, 9.17) is 9.47 Å². The van der Waals surface area contributed by atoms with Gasteiger partial charge in [-0.25, -0.2) is 0 Å². The number of rotatable bonds is 5. The van der Waals surface area contributed by atoms with Crippen molar-refractivity contribution in [2.45, 2.75) is 38.4 Å². The SMILES string of the molecule is CC1CN(C(=O)COCc2ccccc2)CCC1(O)C1CCOCC1. The molecule has 2 atom stereocenters. The van der Waals surface area contributed by atoms with Gasteiger partial charge >= 0.3 is 0 Å². The number of aliphatic hydroxyl groups is 1. The van der Waals surface area contributed by atoms with E-state index in [9.17, 15) is 9.90 Å². The minimum Gasteiger partial charge on any atom is -0.389 e. The summed E-state index contributed by atoms with van der Waals surface area (Å²) in [6.45, 7) is 5.26. The van der Waals surface area contributed by atoms with Gasteiger partial charge in [-0.1, -0.05) is 37.3 Å². The van der Waals surface area contributed by atoms with Crippen LogP contribution < -0.4 is 0 Å². The van der Waals surface area contributed by atoms with Crippen LogP contribution in [0.5, 0.6) is 0 Å². The van der Waals surface area contributed by atoms with Crippen molar-refractivity contribution in [3.63, 3.8) is 0 Å². The van der Waals surface area contributed by atoms with Crippen molar-refractivity contribution in [2.24, 2.45) is 11.8 Å². The first-order valence-electron chi connectivity index (χ1n) is 9.29. The summed E-state index contributed by atoms with van der Waals surface area (Å²) in [5, 5.41) is 11.2. The summed E-state index contributed by atoms with van der Waals surface area (Å²) in [4.78, 5) is 14.3. The summed E-state index contributed by atoms with van der Waals surface area (Å²) in [6.07, 6.45) is 2.47. The maximum absolute atomic E-state index is 12.4. The molecule has 3 rings (SSSR count). The summed E-state index contributed by atoms with van der Waals surface area (Å²) < 4.78 is 11.0. The molecular formula is C20H29NO4. The van der Waals surface area contributed by atoms with E-state index in [0.717, 1.165) is 31.6 Å². The number of likely N-dealkylation sites (tertiary alicyclic amines) is 1. The zero-order valence-electron chi connectivity index (χ0n) is 15.0. The smallest absolute Gasteiger partial charge is 0.248 e. The highest BCUT2D eigenvalue weighted by Crippen LogP contribution is 2.39. The van der Waals surface area contributed by atoms with Crippen LogP contribution in [0.25, 0.3) is 0 Å². The molecule has 0 saturated carbocycles. The number of benzene rings is 1. The first kappa shape index (κ1) is 18.4. The summed E-state index contributed by atoms with van der Waals surface area (Å²) in [5.74, 6) is 0.363. The highest BCUT2D eigenvalue weighted by molar-refractivity contribution is 5.77. The molecule has 1 amide bonds. The van der Waals surface area contributed by atoms with Gasteiger partial charge in [0, 0.05) is 32.2 Å². The number of carbonyl (C=O) groups is 1. The van der Waals surface area contributed by atoms with E-state index < -0.39 is 5.60 Å². The van der Waals surface area contributed by atoms with Gasteiger partial charge in [0.1, 0.15) is 6.61 Å². The van der Waals surface area contributed by atoms with E-state index in [2.05, 4.69) is 6.92 Å². The lowest BCUT2D eigenvalue weighted by Gasteiger charge is -2.48. The molecule has 2 heterocycles. The molecule has 2 aliphatic heterocycles. The fourth-order valence-corrected chi connectivity index (χ4v) is 4.09. The Hall–Kier alpha value is -1.43. The first-order valence-corrected chi connectivity index (χ1v) is 9.29. The number of carbonyl (C=O) groups excluding carboxylic acids is 1. The second kappa shape index (κ2) is 8.30. The molecule has 2 unspecified atom stereocenters. The molecule has 0 radical (unpaired) electrons. The van der Waals surface area contributed by atoms with Gasteiger partial charge in [0.2, 0.25) is 5.91 Å². The third kappa shape index (κ3) is 4.40. The second-order valence-electron chi connectivity index (χ2n) is 7.35. The maximum atomic E-state index is 12.4. The molecule has 5 nitrogen and oxygen atoms in total. The van der Waals surface area contributed by atoms with Gasteiger partial charge < -0.3 is 19.5 Å². The topological polar surface area (TPSA) is 59.0 Å². The van der Waals surface area contributed by atoms with Crippen molar-refractivity contribution in [2.75, 3.05) is 32.9 Å². The Morgan fingerprint density at radius 1 is 1.32 bits per heavy atom. The van der Waals surface area contributed by atoms with Gasteiger partial charge in [0.15, 0.2) is 0 Å². The monoisotopic (exact) mass is 347 g/mol. The largest absolute Gasteiger partial charge is 0.389 e. The van der Waals surface area contributed by atoms with Gasteiger partial charge in [-0.3, -0.25) is 4.79 Å². The number of amides is 1. The minimum atomic E-state index is -0.675. The summed E-state index contributed by atoms with van der Waals surface area (Å²) >= 11 is 0. The zero-order valence-corrected chi connectivity index (χ0v) is 15.0. The van der Waals surface area contributed by atoms with E-state index in [1.165, 1.54) is 0 Å². The summed E-state index contributed by atoms with van der Waals surface area (Å²) in [5.41, 5.74) is 0.391. The van der Waals surface area contributed by atoms with Crippen LogP contribution in [0.2, 0.25) is 0 Å². The highest BCUT2D eigenvalue weighted by Gasteiger charge is 2.45. The lowest BCUT2D eigenvalue weighted by Crippen LogP contribution is -2.57. The van der Waals surface area contributed by atoms with Crippen LogP contribution in [0.1, 0.15) is 31.7 Å². The molecule has 0 aromatic heterocycles. The first-order chi connectivity index (χ1) is 12.1. The minimum absolute atomic E-state index is 0.0109. The lowest BCUT2D eigenvalue weighted by atomic mass is 9.70. The number of hydrogen-bond acceptors (Lipinski definition) is 4. The van der Waals surface area contributed by atoms with Crippen LogP contribution in [0.3, 0.4) is 0 Å². The maximum Gasteiger partial charge on any atom is 0.248 e. The number of ether oxygens (including phenoxy) is 2. The molecule has 25 heavy (non-hydrogen) atoms. The van der Waals surface area contributed by atoms with Gasteiger partial charge in [-0.15, -0.1) is 0 Å². The summed E-state index contributed by atoms with van der Waals surface area (Å²) in [7, 11) is 0. The van der Waals surface area contributed by atoms with Crippen LogP contribution in [0.4, 0.5) is 0 Å². The Morgan fingerprint density at radius 3 is 2.72 bits per heavy atom. The molecule has 1 aromatic carbocycles. The molecule has 2 saturated heterocycles. The Kier molecular flexibility index (Phi) is 6.10. The molecule has 2 aliphatic rings. The molecule has 1 aromatic rings. The molecule has 0 spiro atoms. The molecule has 5 heteroatoms. The van der Waals surface area contributed by atoms with Gasteiger partial charge in [0.05, 0.1) is 12.2 Å². The molecular weight excluding hydrogens is 318 g/mol. The lowest BCUT2D eigenvalue weighted by molar-refractivity contribution is -0.155. The molecule has 0 bridgehead atoms. The van der Waals surface area contributed by atoms with Gasteiger partial charge in [-0.2, -0.15) is 0 Å². The predicted molar refractivity (Wildman–Crippen MR) is 95.0 cm³/mol. The van der Waals surface area contributed by atoms with E-state index >= 15 is 0 Å². The van der Waals surface area contributed by atoms with Crippen molar-refractivity contribution >= 4 is 5.91 Å². The Bertz CT molecular complexity index is 558. The van der Waals surface area contributed by atoms with Crippen LogP contribution in [-0.4, -0.2) is 54.4 Å². The van der Waals surface area contributed by atoms with E-state index in [-0.39, 0.29) is 24.3 Å². The standard InChI is InChI=1S/C20H29NO4/c1-16-13-21(10-9-20(16,23)18-7-11-24-12-8-18)19(22)15-25-14-17-5-3-2-4-6-17/h2-6,16,18,23H,7-15H2,1H3. The van der Waals surface area contributed by atoms with E-state index in [0.29, 0.717) is 26.1 Å². The number of nitrogens with zero attached hydrogens (tertiary/aromatic N) is 1. The summed E-state index contributed by atoms with van der Waals surface area (Å²) in [6, 6.07) is 9.86. The molecule has 138 valence electrons. The van der Waals surface area contributed by atoms with Crippen molar-refractivity contribution in [1.29, 1.82) is 0 Å². The van der Waals surface area contributed by atoms with Crippen molar-refractivity contribution in [3.8, 4) is 0 Å². The molecule has 0 aliphatic carbocycles. The highest BCUT2D eigenvalue weighted by atomic mass is 16.5. The van der Waals surface area contributed by atoms with Crippen LogP contribution in [0.15, 0.2) is 30.3 Å². The molecule has 2 fully saturated rings. The number of hydrogen-bond donors (Lipinski definition) is 1. The predicted octanol–water partition coefficient (Wildman–Crippen LogP) is 2.23. The van der Waals surface area contributed by atoms with Crippen LogP contribution in [0, 0.1) is 11.8 Å². The average molecular weight is 347 g/mol. The fourth-order valence-electron chi connectivity index (χ4n) is 4.09. The van der Waals surface area contributed by atoms with Crippen molar-refractivity contribution in [3.05, 3.63) is 35.9 Å². The fraction of sp³-hybridized carbons (Fsp3) is 0.650. The Morgan fingerprint density at radius 2 is 2.04 bits per heavy atom. The zero-order chi connectivity index (χ0) is 17.7. The third-order valence-corrected chi connectivity index (χ3v) is 5.75. The van der Waals surface area contributed by atoms with E-state index in [1.54, 1.807) is 0 Å². The van der Waals surface area contributed by atoms with Crippen molar-refractivity contribution in [1.82, 2.24) is 4.90 Å². The third-order valence-electron chi connectivity index (χ3n) is 5.75.